The summed E-state index contributed by atoms with van der Waals surface area (Å²) in [7, 11) is 0. The van der Waals surface area contributed by atoms with Gasteiger partial charge in [-0.3, -0.25) is 0 Å². The molecule has 0 spiro atoms. The van der Waals surface area contributed by atoms with Gasteiger partial charge in [-0.2, -0.15) is 11.3 Å². The van der Waals surface area contributed by atoms with E-state index in [-0.39, 0.29) is 5.82 Å². The Balaban J connectivity index is 0.000000159. The molecule has 0 nitrogen and oxygen atoms in total. The molecule has 110 valence electrons. The van der Waals surface area contributed by atoms with Gasteiger partial charge in [0.15, 0.2) is 0 Å². The third kappa shape index (κ3) is 8.77. The predicted molar refractivity (Wildman–Crippen MR) is 91.4 cm³/mol. The van der Waals surface area contributed by atoms with Gasteiger partial charge in [0.1, 0.15) is 5.82 Å². The zero-order valence-corrected chi connectivity index (χ0v) is 13.5. The second kappa shape index (κ2) is 9.89. The van der Waals surface area contributed by atoms with Gasteiger partial charge in [-0.15, -0.1) is 0 Å². The fourth-order valence-corrected chi connectivity index (χ4v) is 2.07. The summed E-state index contributed by atoms with van der Waals surface area (Å²) in [6, 6.07) is 18.8. The van der Waals surface area contributed by atoms with Crippen molar-refractivity contribution in [1.82, 2.24) is 0 Å². The molecule has 0 fully saturated rings. The number of hydrogen-bond acceptors (Lipinski definition) is 1. The van der Waals surface area contributed by atoms with Crippen molar-refractivity contribution in [2.75, 3.05) is 0 Å². The van der Waals surface area contributed by atoms with Crippen molar-refractivity contribution in [2.45, 2.75) is 20.8 Å². The van der Waals surface area contributed by atoms with E-state index in [2.05, 4.69) is 42.8 Å². The first-order chi connectivity index (χ1) is 10.1. The average Bonchev–Trinajstić information content (AvgIpc) is 2.95. The number of rotatable bonds is 0. The monoisotopic (exact) mass is 300 g/mol. The van der Waals surface area contributed by atoms with Crippen LogP contribution >= 0.6 is 11.3 Å². The zero-order chi connectivity index (χ0) is 15.5. The third-order valence-corrected chi connectivity index (χ3v) is 3.42. The van der Waals surface area contributed by atoms with Crippen LogP contribution in [-0.4, -0.2) is 0 Å². The van der Waals surface area contributed by atoms with Gasteiger partial charge in [-0.05, 0) is 55.3 Å². The van der Waals surface area contributed by atoms with E-state index in [4.69, 9.17) is 0 Å². The highest BCUT2D eigenvalue weighted by atomic mass is 32.1. The van der Waals surface area contributed by atoms with Crippen LogP contribution in [0, 0.1) is 26.6 Å². The molecule has 2 heteroatoms. The van der Waals surface area contributed by atoms with Crippen LogP contribution in [0.3, 0.4) is 0 Å². The van der Waals surface area contributed by atoms with Gasteiger partial charge in [0.25, 0.3) is 0 Å². The summed E-state index contributed by atoms with van der Waals surface area (Å²) in [5, 5.41) is 4.20. The highest BCUT2D eigenvalue weighted by Crippen LogP contribution is 2.01. The SMILES string of the molecule is Cc1ccc(F)cc1.Cc1ccccc1.Cc1ccsc1. The first-order valence-corrected chi connectivity index (χ1v) is 7.75. The van der Waals surface area contributed by atoms with E-state index in [1.165, 1.54) is 23.3 Å². The molecule has 3 aromatic rings. The maximum atomic E-state index is 12.1. The first-order valence-electron chi connectivity index (χ1n) is 6.80. The summed E-state index contributed by atoms with van der Waals surface area (Å²) in [5.74, 6) is -0.171. The lowest BCUT2D eigenvalue weighted by Gasteiger charge is -1.87. The average molecular weight is 300 g/mol. The van der Waals surface area contributed by atoms with Crippen LogP contribution in [0.15, 0.2) is 71.4 Å². The molecule has 0 aliphatic carbocycles. The van der Waals surface area contributed by atoms with Gasteiger partial charge >= 0.3 is 0 Å². The minimum absolute atomic E-state index is 0.171. The van der Waals surface area contributed by atoms with Crippen molar-refractivity contribution in [3.8, 4) is 0 Å². The second-order valence-electron chi connectivity index (χ2n) is 4.75. The Hall–Kier alpha value is -1.93. The number of thiophene rings is 1. The second-order valence-corrected chi connectivity index (χ2v) is 5.53. The fourth-order valence-electron chi connectivity index (χ4n) is 1.40. The van der Waals surface area contributed by atoms with E-state index in [9.17, 15) is 4.39 Å². The Bertz CT molecular complexity index is 562. The quantitative estimate of drug-likeness (QED) is 0.464. The minimum Gasteiger partial charge on any atom is -0.207 e. The van der Waals surface area contributed by atoms with Crippen LogP contribution in [-0.2, 0) is 0 Å². The zero-order valence-electron chi connectivity index (χ0n) is 12.7. The van der Waals surface area contributed by atoms with Crippen LogP contribution in [0.5, 0.6) is 0 Å². The molecule has 0 unspecified atom stereocenters. The molecule has 0 amide bonds. The molecule has 0 saturated carbocycles. The lowest BCUT2D eigenvalue weighted by Crippen LogP contribution is -1.71. The van der Waals surface area contributed by atoms with Crippen LogP contribution in [0.4, 0.5) is 4.39 Å². The lowest BCUT2D eigenvalue weighted by atomic mass is 10.2. The molecule has 0 radical (unpaired) electrons. The van der Waals surface area contributed by atoms with Crippen molar-refractivity contribution >= 4 is 11.3 Å². The summed E-state index contributed by atoms with van der Waals surface area (Å²) < 4.78 is 12.1. The summed E-state index contributed by atoms with van der Waals surface area (Å²) in [5.41, 5.74) is 3.77. The third-order valence-electron chi connectivity index (χ3n) is 2.61. The topological polar surface area (TPSA) is 0 Å². The molecule has 0 aliphatic rings. The first kappa shape index (κ1) is 17.1. The normalized spacial score (nSPS) is 8.95. The van der Waals surface area contributed by atoms with Crippen molar-refractivity contribution < 1.29 is 4.39 Å². The standard InChI is InChI=1S/C7H7F.C7H8.C5H6S/c1-6-2-4-7(8)5-3-6;1-7-5-3-2-4-6-7;1-5-2-3-6-4-5/h2-5H,1H3;2-6H,1H3;2-4H,1H3. The fraction of sp³-hybridized carbons (Fsp3) is 0.158. The molecule has 3 rings (SSSR count). The molecular weight excluding hydrogens is 279 g/mol. The Morgan fingerprint density at radius 2 is 1.24 bits per heavy atom. The molecule has 21 heavy (non-hydrogen) atoms. The van der Waals surface area contributed by atoms with Crippen molar-refractivity contribution in [1.29, 1.82) is 0 Å². The van der Waals surface area contributed by atoms with Gasteiger partial charge in [0.05, 0.1) is 0 Å². The van der Waals surface area contributed by atoms with E-state index >= 15 is 0 Å². The van der Waals surface area contributed by atoms with E-state index in [0.29, 0.717) is 0 Å². The summed E-state index contributed by atoms with van der Waals surface area (Å²) in [4.78, 5) is 0. The number of benzene rings is 2. The van der Waals surface area contributed by atoms with E-state index < -0.39 is 0 Å². The smallest absolute Gasteiger partial charge is 0.123 e. The highest BCUT2D eigenvalue weighted by Gasteiger charge is 1.83. The predicted octanol–water partition coefficient (Wildman–Crippen LogP) is 6.19. The van der Waals surface area contributed by atoms with Crippen molar-refractivity contribution in [3.63, 3.8) is 0 Å². The highest BCUT2D eigenvalue weighted by molar-refractivity contribution is 7.07. The maximum Gasteiger partial charge on any atom is 0.123 e. The Morgan fingerprint density at radius 3 is 1.52 bits per heavy atom. The number of halogens is 1. The molecule has 2 aromatic carbocycles. The molecule has 0 N–H and O–H groups in total. The summed E-state index contributed by atoms with van der Waals surface area (Å²) in [6.45, 7) is 6.11. The van der Waals surface area contributed by atoms with E-state index in [0.717, 1.165) is 5.56 Å². The number of aryl methyl sites for hydroxylation is 3. The molecule has 0 aliphatic heterocycles. The van der Waals surface area contributed by atoms with Crippen LogP contribution in [0.25, 0.3) is 0 Å². The van der Waals surface area contributed by atoms with E-state index in [1.54, 1.807) is 23.5 Å². The van der Waals surface area contributed by atoms with E-state index in [1.807, 2.05) is 25.1 Å². The molecule has 0 atom stereocenters. The van der Waals surface area contributed by atoms with Crippen molar-refractivity contribution in [2.24, 2.45) is 0 Å². The molecule has 1 heterocycles. The lowest BCUT2D eigenvalue weighted by molar-refractivity contribution is 0.627. The largest absolute Gasteiger partial charge is 0.207 e. The summed E-state index contributed by atoms with van der Waals surface area (Å²) >= 11 is 1.74. The minimum atomic E-state index is -0.171. The Morgan fingerprint density at radius 1 is 0.667 bits per heavy atom. The van der Waals surface area contributed by atoms with Crippen LogP contribution < -0.4 is 0 Å². The number of hydrogen-bond donors (Lipinski definition) is 0. The van der Waals surface area contributed by atoms with Gasteiger partial charge < -0.3 is 0 Å². The Kier molecular flexibility index (Phi) is 8.07. The molecule has 0 bridgehead atoms. The maximum absolute atomic E-state index is 12.1. The Labute approximate surface area is 130 Å². The van der Waals surface area contributed by atoms with Crippen LogP contribution in [0.2, 0.25) is 0 Å². The molecule has 0 saturated heterocycles. The van der Waals surface area contributed by atoms with Gasteiger partial charge in [-0.25, -0.2) is 4.39 Å². The molecular formula is C19H21FS. The summed E-state index contributed by atoms with van der Waals surface area (Å²) in [6.07, 6.45) is 0. The van der Waals surface area contributed by atoms with Gasteiger partial charge in [0, 0.05) is 0 Å². The van der Waals surface area contributed by atoms with Crippen molar-refractivity contribution in [3.05, 3.63) is 93.9 Å². The van der Waals surface area contributed by atoms with Gasteiger partial charge in [-0.1, -0.05) is 53.6 Å². The van der Waals surface area contributed by atoms with Crippen LogP contribution in [0.1, 0.15) is 16.7 Å². The van der Waals surface area contributed by atoms with Gasteiger partial charge in [0.2, 0.25) is 0 Å². The molecule has 1 aromatic heterocycles.